The number of fused-ring (bicyclic) bond motifs is 1. The highest BCUT2D eigenvalue weighted by Crippen LogP contribution is 2.30. The molecule has 0 saturated carbocycles. The molecule has 0 unspecified atom stereocenters. The Morgan fingerprint density at radius 1 is 1.25 bits per heavy atom. The minimum absolute atomic E-state index is 0.271. The third-order valence-corrected chi connectivity index (χ3v) is 4.62. The maximum atomic E-state index is 11.4. The normalized spacial score (nSPS) is 21.6. The maximum Gasteiger partial charge on any atom is 0.264 e. The number of piperidine rings is 1. The first kappa shape index (κ1) is 16.6. The van der Waals surface area contributed by atoms with Gasteiger partial charge in [-0.2, -0.15) is 13.7 Å². The van der Waals surface area contributed by atoms with E-state index in [0.29, 0.717) is 29.6 Å². The molecule has 2 heterocycles. The zero-order chi connectivity index (χ0) is 17.3. The highest BCUT2D eigenvalue weighted by molar-refractivity contribution is 7.86. The lowest BCUT2D eigenvalue weighted by atomic mass is 9.97. The Morgan fingerprint density at radius 3 is 2.62 bits per heavy atom. The summed E-state index contributed by atoms with van der Waals surface area (Å²) in [7, 11) is -3.50. The Morgan fingerprint density at radius 2 is 1.96 bits per heavy atom. The molecule has 0 spiro atoms. The van der Waals surface area contributed by atoms with Crippen LogP contribution in [0.3, 0.4) is 0 Å². The van der Waals surface area contributed by atoms with E-state index in [2.05, 4.69) is 27.9 Å². The van der Waals surface area contributed by atoms with Gasteiger partial charge >= 0.3 is 0 Å². The Labute approximate surface area is 141 Å². The minimum atomic E-state index is -3.50. The molecule has 1 aromatic carbocycles. The first-order valence-electron chi connectivity index (χ1n) is 7.64. The molecule has 1 aliphatic rings. The third kappa shape index (κ3) is 3.47. The second-order valence-electron chi connectivity index (χ2n) is 6.17. The van der Waals surface area contributed by atoms with Crippen molar-refractivity contribution in [3.05, 3.63) is 30.1 Å². The van der Waals surface area contributed by atoms with Gasteiger partial charge in [-0.05, 0) is 24.5 Å². The monoisotopic (exact) mass is 346 g/mol. The topological polar surface area (TPSA) is 96.2 Å². The van der Waals surface area contributed by atoms with Crippen LogP contribution in [0, 0.1) is 17.2 Å². The minimum Gasteiger partial charge on any atom is -0.367 e. The van der Waals surface area contributed by atoms with E-state index in [9.17, 15) is 13.7 Å². The summed E-state index contributed by atoms with van der Waals surface area (Å²) in [5.41, 5.74) is 2.50. The first-order valence-corrected chi connectivity index (χ1v) is 9.46. The van der Waals surface area contributed by atoms with Crippen LogP contribution in [0.4, 0.5) is 5.69 Å². The largest absolute Gasteiger partial charge is 0.367 e. The first-order chi connectivity index (χ1) is 11.4. The van der Waals surface area contributed by atoms with Crippen molar-refractivity contribution in [1.29, 1.82) is 5.26 Å². The highest BCUT2D eigenvalue weighted by Gasteiger charge is 2.29. The SMILES string of the molecule is C[C@H]1C[C@H](OS(C)(=O)=O)CN(c2ccc(C#N)c3nccnc23)C1. The van der Waals surface area contributed by atoms with E-state index < -0.39 is 16.2 Å². The van der Waals surface area contributed by atoms with Gasteiger partial charge in [-0.25, -0.2) is 0 Å². The van der Waals surface area contributed by atoms with Crippen LogP contribution in [0.2, 0.25) is 0 Å². The van der Waals surface area contributed by atoms with Gasteiger partial charge in [-0.3, -0.25) is 14.2 Å². The molecule has 2 aromatic rings. The zero-order valence-corrected chi connectivity index (χ0v) is 14.3. The molecule has 1 aromatic heterocycles. The predicted octanol–water partition coefficient (Wildman–Crippen LogP) is 1.69. The van der Waals surface area contributed by atoms with E-state index in [1.54, 1.807) is 18.5 Å². The molecule has 0 radical (unpaired) electrons. The molecular formula is C16H18N4O3S. The van der Waals surface area contributed by atoms with E-state index in [1.165, 1.54) is 0 Å². The molecule has 7 nitrogen and oxygen atoms in total. The van der Waals surface area contributed by atoms with Gasteiger partial charge < -0.3 is 4.90 Å². The van der Waals surface area contributed by atoms with E-state index in [0.717, 1.165) is 18.5 Å². The summed E-state index contributed by atoms with van der Waals surface area (Å²) in [5, 5.41) is 9.23. The fraction of sp³-hybridized carbons (Fsp3) is 0.438. The molecule has 126 valence electrons. The van der Waals surface area contributed by atoms with Crippen molar-refractivity contribution in [2.75, 3.05) is 24.2 Å². The quantitative estimate of drug-likeness (QED) is 0.780. The number of hydrogen-bond acceptors (Lipinski definition) is 7. The molecule has 0 aliphatic carbocycles. The maximum absolute atomic E-state index is 11.4. The Balaban J connectivity index is 1.99. The van der Waals surface area contributed by atoms with Crippen molar-refractivity contribution in [2.45, 2.75) is 19.4 Å². The lowest BCUT2D eigenvalue weighted by Crippen LogP contribution is -2.44. The Hall–Kier alpha value is -2.24. The van der Waals surface area contributed by atoms with Gasteiger partial charge in [0.1, 0.15) is 17.1 Å². The average molecular weight is 346 g/mol. The summed E-state index contributed by atoms with van der Waals surface area (Å²) in [4.78, 5) is 10.7. The van der Waals surface area contributed by atoms with Crippen molar-refractivity contribution < 1.29 is 12.6 Å². The van der Waals surface area contributed by atoms with Crippen molar-refractivity contribution in [3.63, 3.8) is 0 Å². The third-order valence-electron chi connectivity index (χ3n) is 4.00. The van der Waals surface area contributed by atoms with Gasteiger partial charge in [0, 0.05) is 25.5 Å². The van der Waals surface area contributed by atoms with Gasteiger partial charge in [0.25, 0.3) is 10.1 Å². The number of nitriles is 1. The van der Waals surface area contributed by atoms with E-state index in [-0.39, 0.29) is 5.92 Å². The van der Waals surface area contributed by atoms with Crippen LogP contribution in [0.15, 0.2) is 24.5 Å². The summed E-state index contributed by atoms with van der Waals surface area (Å²) in [6.45, 7) is 3.28. The number of aromatic nitrogens is 2. The van der Waals surface area contributed by atoms with Crippen molar-refractivity contribution in [3.8, 4) is 6.07 Å². The fourth-order valence-electron chi connectivity index (χ4n) is 3.20. The molecule has 3 rings (SSSR count). The van der Waals surface area contributed by atoms with Gasteiger partial charge in [0.2, 0.25) is 0 Å². The van der Waals surface area contributed by atoms with E-state index in [1.807, 2.05) is 6.07 Å². The van der Waals surface area contributed by atoms with Crippen LogP contribution >= 0.6 is 0 Å². The van der Waals surface area contributed by atoms with Crippen LogP contribution in [0.5, 0.6) is 0 Å². The summed E-state index contributed by atoms with van der Waals surface area (Å²) >= 11 is 0. The molecular weight excluding hydrogens is 328 g/mol. The molecule has 0 amide bonds. The lowest BCUT2D eigenvalue weighted by Gasteiger charge is -2.37. The van der Waals surface area contributed by atoms with Crippen LogP contribution in [-0.4, -0.2) is 43.8 Å². The Bertz CT molecular complexity index is 907. The van der Waals surface area contributed by atoms with Gasteiger partial charge in [0.15, 0.2) is 0 Å². The molecule has 1 aliphatic heterocycles. The number of nitrogens with zero attached hydrogens (tertiary/aromatic N) is 4. The summed E-state index contributed by atoms with van der Waals surface area (Å²) < 4.78 is 28.1. The summed E-state index contributed by atoms with van der Waals surface area (Å²) in [5.74, 6) is 0.271. The summed E-state index contributed by atoms with van der Waals surface area (Å²) in [6, 6.07) is 5.68. The number of anilines is 1. The second kappa shape index (κ2) is 6.34. The smallest absolute Gasteiger partial charge is 0.264 e. The molecule has 0 N–H and O–H groups in total. The number of benzene rings is 1. The van der Waals surface area contributed by atoms with Gasteiger partial charge in [-0.15, -0.1) is 0 Å². The van der Waals surface area contributed by atoms with E-state index in [4.69, 9.17) is 4.18 Å². The van der Waals surface area contributed by atoms with Crippen LogP contribution in [0.1, 0.15) is 18.9 Å². The summed E-state index contributed by atoms with van der Waals surface area (Å²) in [6.07, 6.45) is 4.50. The lowest BCUT2D eigenvalue weighted by molar-refractivity contribution is 0.165. The second-order valence-corrected chi connectivity index (χ2v) is 7.77. The van der Waals surface area contributed by atoms with E-state index >= 15 is 0 Å². The van der Waals surface area contributed by atoms with Gasteiger partial charge in [0.05, 0.1) is 23.6 Å². The zero-order valence-electron chi connectivity index (χ0n) is 13.5. The van der Waals surface area contributed by atoms with Crippen molar-refractivity contribution in [2.24, 2.45) is 5.92 Å². The standard InChI is InChI=1S/C16H18N4O3S/c1-11-7-13(23-24(2,21)22)10-20(9-11)14-4-3-12(8-17)15-16(14)19-6-5-18-15/h3-6,11,13H,7,9-10H2,1-2H3/t11-,13-/m0/s1. The average Bonchev–Trinajstić information content (AvgIpc) is 2.51. The van der Waals surface area contributed by atoms with Crippen LogP contribution < -0.4 is 4.90 Å². The van der Waals surface area contributed by atoms with Crippen molar-refractivity contribution in [1.82, 2.24) is 9.97 Å². The van der Waals surface area contributed by atoms with Crippen LogP contribution in [0.25, 0.3) is 11.0 Å². The predicted molar refractivity (Wildman–Crippen MR) is 90.0 cm³/mol. The fourth-order valence-corrected chi connectivity index (χ4v) is 3.83. The molecule has 2 atom stereocenters. The number of hydrogen-bond donors (Lipinski definition) is 0. The molecule has 1 fully saturated rings. The molecule has 0 bridgehead atoms. The molecule has 8 heteroatoms. The van der Waals surface area contributed by atoms with Crippen LogP contribution in [-0.2, 0) is 14.3 Å². The number of rotatable bonds is 3. The molecule has 24 heavy (non-hydrogen) atoms. The highest BCUT2D eigenvalue weighted by atomic mass is 32.2. The Kier molecular flexibility index (Phi) is 4.39. The van der Waals surface area contributed by atoms with Gasteiger partial charge in [-0.1, -0.05) is 6.92 Å². The molecule has 1 saturated heterocycles. The van der Waals surface area contributed by atoms with Crippen molar-refractivity contribution >= 4 is 26.8 Å².